The topological polar surface area (TPSA) is 103 Å². The molecule has 28 heavy (non-hydrogen) atoms. The summed E-state index contributed by atoms with van der Waals surface area (Å²) in [4.78, 5) is 23.7. The zero-order valence-corrected chi connectivity index (χ0v) is 15.1. The summed E-state index contributed by atoms with van der Waals surface area (Å²) in [5, 5.41) is 21.6. The molecule has 1 heterocycles. The van der Waals surface area contributed by atoms with Crippen LogP contribution in [0.25, 0.3) is 17.4 Å². The number of nitriles is 1. The first-order chi connectivity index (χ1) is 13.5. The molecule has 0 atom stereocenters. The molecule has 0 radical (unpaired) electrons. The van der Waals surface area contributed by atoms with Crippen LogP contribution in [-0.4, -0.2) is 17.0 Å². The van der Waals surface area contributed by atoms with E-state index in [2.05, 4.69) is 5.32 Å². The third kappa shape index (κ3) is 4.29. The summed E-state index contributed by atoms with van der Waals surface area (Å²) in [7, 11) is 0. The lowest BCUT2D eigenvalue weighted by Gasteiger charge is -2.04. The molecule has 0 fully saturated rings. The maximum Gasteiger partial charge on any atom is 0.336 e. The fraction of sp³-hybridized carbons (Fsp3) is 0. The van der Waals surface area contributed by atoms with E-state index in [0.29, 0.717) is 22.0 Å². The van der Waals surface area contributed by atoms with Crippen LogP contribution in [0.15, 0.2) is 70.7 Å². The van der Waals surface area contributed by atoms with Gasteiger partial charge in [-0.2, -0.15) is 5.26 Å². The Kier molecular flexibility index (Phi) is 5.58. The van der Waals surface area contributed by atoms with Crippen molar-refractivity contribution in [3.63, 3.8) is 0 Å². The minimum Gasteiger partial charge on any atom is -0.478 e. The zero-order chi connectivity index (χ0) is 20.1. The maximum atomic E-state index is 12.3. The monoisotopic (exact) mass is 392 g/mol. The van der Waals surface area contributed by atoms with E-state index >= 15 is 0 Å². The van der Waals surface area contributed by atoms with Crippen molar-refractivity contribution in [2.45, 2.75) is 0 Å². The molecule has 3 aromatic rings. The first kappa shape index (κ1) is 19.0. The summed E-state index contributed by atoms with van der Waals surface area (Å²) in [6.07, 6.45) is 1.28. The number of hydrogen-bond acceptors (Lipinski definition) is 4. The smallest absolute Gasteiger partial charge is 0.336 e. The molecule has 1 amide bonds. The van der Waals surface area contributed by atoms with Crippen LogP contribution in [0.3, 0.4) is 0 Å². The molecule has 138 valence electrons. The molecule has 6 nitrogen and oxygen atoms in total. The van der Waals surface area contributed by atoms with Crippen LogP contribution < -0.4 is 5.32 Å². The second kappa shape index (κ2) is 8.25. The molecule has 7 heteroatoms. The molecule has 0 aliphatic carbocycles. The summed E-state index contributed by atoms with van der Waals surface area (Å²) in [5.74, 6) is -1.14. The zero-order valence-electron chi connectivity index (χ0n) is 14.3. The Labute approximate surface area is 165 Å². The van der Waals surface area contributed by atoms with E-state index in [0.717, 1.165) is 0 Å². The molecule has 0 bridgehead atoms. The largest absolute Gasteiger partial charge is 0.478 e. The molecule has 0 unspecified atom stereocenters. The normalized spacial score (nSPS) is 10.9. The second-order valence-corrected chi connectivity index (χ2v) is 6.12. The molecule has 1 aromatic heterocycles. The van der Waals surface area contributed by atoms with Crippen molar-refractivity contribution in [1.29, 1.82) is 5.26 Å². The van der Waals surface area contributed by atoms with Gasteiger partial charge in [0.25, 0.3) is 5.91 Å². The number of amides is 1. The Morgan fingerprint density at radius 2 is 1.89 bits per heavy atom. The Morgan fingerprint density at radius 1 is 1.11 bits per heavy atom. The van der Waals surface area contributed by atoms with Gasteiger partial charge in [0.15, 0.2) is 0 Å². The average molecular weight is 393 g/mol. The summed E-state index contributed by atoms with van der Waals surface area (Å²) < 4.78 is 5.62. The molecule has 0 aliphatic heterocycles. The van der Waals surface area contributed by atoms with E-state index in [1.54, 1.807) is 54.6 Å². The van der Waals surface area contributed by atoms with Crippen LogP contribution in [0.4, 0.5) is 5.69 Å². The number of nitrogens with one attached hydrogen (secondary N) is 1. The number of carboxylic acid groups (broad SMARTS) is 1. The Hall–Kier alpha value is -3.82. The van der Waals surface area contributed by atoms with Crippen LogP contribution >= 0.6 is 11.6 Å². The van der Waals surface area contributed by atoms with Crippen LogP contribution in [-0.2, 0) is 4.79 Å². The number of anilines is 1. The number of nitrogens with zero attached hydrogens (tertiary/aromatic N) is 1. The summed E-state index contributed by atoms with van der Waals surface area (Å²) in [6, 6.07) is 17.9. The van der Waals surface area contributed by atoms with Crippen molar-refractivity contribution < 1.29 is 19.1 Å². The molecular weight excluding hydrogens is 380 g/mol. The van der Waals surface area contributed by atoms with Crippen LogP contribution in [0, 0.1) is 11.3 Å². The van der Waals surface area contributed by atoms with Crippen molar-refractivity contribution >= 4 is 35.2 Å². The van der Waals surface area contributed by atoms with Crippen LogP contribution in [0.5, 0.6) is 0 Å². The maximum absolute atomic E-state index is 12.3. The highest BCUT2D eigenvalue weighted by molar-refractivity contribution is 6.31. The van der Waals surface area contributed by atoms with Crippen LogP contribution in [0.2, 0.25) is 5.02 Å². The van der Waals surface area contributed by atoms with Gasteiger partial charge >= 0.3 is 5.97 Å². The fourth-order valence-electron chi connectivity index (χ4n) is 2.52. The van der Waals surface area contributed by atoms with E-state index in [9.17, 15) is 20.0 Å². The Bertz CT molecular complexity index is 1130. The van der Waals surface area contributed by atoms with E-state index in [1.165, 1.54) is 12.1 Å². The van der Waals surface area contributed by atoms with Crippen molar-refractivity contribution in [2.24, 2.45) is 0 Å². The lowest BCUT2D eigenvalue weighted by atomic mass is 10.1. The summed E-state index contributed by atoms with van der Waals surface area (Å²) >= 11 is 5.88. The summed E-state index contributed by atoms with van der Waals surface area (Å²) in [6.45, 7) is 0. The van der Waals surface area contributed by atoms with Gasteiger partial charge < -0.3 is 14.8 Å². The first-order valence-electron chi connectivity index (χ1n) is 8.09. The van der Waals surface area contributed by atoms with Gasteiger partial charge in [-0.25, -0.2) is 4.79 Å². The van der Waals surface area contributed by atoms with Crippen LogP contribution in [0.1, 0.15) is 16.1 Å². The molecule has 2 N–H and O–H groups in total. The SMILES string of the molecule is N#CC(=Cc1ccc(-c2ccccc2C(=O)O)o1)C(=O)Nc1cccc(Cl)c1. The van der Waals surface area contributed by atoms with E-state index < -0.39 is 11.9 Å². The number of hydrogen-bond donors (Lipinski definition) is 2. The molecule has 0 spiro atoms. The number of carbonyl (C=O) groups is 2. The lowest BCUT2D eigenvalue weighted by molar-refractivity contribution is -0.112. The van der Waals surface area contributed by atoms with Gasteiger partial charge in [0, 0.05) is 22.3 Å². The van der Waals surface area contributed by atoms with Gasteiger partial charge in [-0.15, -0.1) is 0 Å². The van der Waals surface area contributed by atoms with Gasteiger partial charge in [0.2, 0.25) is 0 Å². The van der Waals surface area contributed by atoms with E-state index in [4.69, 9.17) is 16.0 Å². The van der Waals surface area contributed by atoms with E-state index in [1.807, 2.05) is 6.07 Å². The standard InChI is InChI=1S/C21H13ClN2O4/c22-14-4-3-5-15(11-14)24-20(25)13(12-23)10-16-8-9-19(28-16)17-6-1-2-7-18(17)21(26)27/h1-11H,(H,24,25)(H,26,27). The first-order valence-corrected chi connectivity index (χ1v) is 8.47. The second-order valence-electron chi connectivity index (χ2n) is 5.69. The molecule has 0 saturated heterocycles. The van der Waals surface area contributed by atoms with Gasteiger partial charge in [-0.05, 0) is 36.4 Å². The highest BCUT2D eigenvalue weighted by atomic mass is 35.5. The average Bonchev–Trinajstić information content (AvgIpc) is 3.14. The summed E-state index contributed by atoms with van der Waals surface area (Å²) in [5.41, 5.74) is 0.768. The van der Waals surface area contributed by atoms with Gasteiger partial charge in [-0.3, -0.25) is 4.79 Å². The van der Waals surface area contributed by atoms with Crippen molar-refractivity contribution in [3.05, 3.63) is 82.6 Å². The number of aromatic carboxylic acids is 1. The third-order valence-electron chi connectivity index (χ3n) is 3.78. The Balaban J connectivity index is 1.86. The van der Waals surface area contributed by atoms with Gasteiger partial charge in [0.1, 0.15) is 23.2 Å². The predicted octanol–water partition coefficient (Wildman–Crippen LogP) is 4.84. The lowest BCUT2D eigenvalue weighted by Crippen LogP contribution is -2.13. The number of rotatable bonds is 5. The predicted molar refractivity (Wildman–Crippen MR) is 105 cm³/mol. The van der Waals surface area contributed by atoms with Crippen molar-refractivity contribution in [1.82, 2.24) is 0 Å². The highest BCUT2D eigenvalue weighted by Crippen LogP contribution is 2.27. The van der Waals surface area contributed by atoms with Crippen molar-refractivity contribution in [3.8, 4) is 17.4 Å². The van der Waals surface area contributed by atoms with Crippen molar-refractivity contribution in [2.75, 3.05) is 5.32 Å². The quantitative estimate of drug-likeness (QED) is 0.477. The molecule has 2 aromatic carbocycles. The molecular formula is C21H13ClN2O4. The number of carbonyl (C=O) groups excluding carboxylic acids is 1. The number of benzene rings is 2. The Morgan fingerprint density at radius 3 is 2.61 bits per heavy atom. The number of furan rings is 1. The molecule has 0 aliphatic rings. The van der Waals surface area contributed by atoms with E-state index in [-0.39, 0.29) is 16.9 Å². The molecule has 0 saturated carbocycles. The third-order valence-corrected chi connectivity index (χ3v) is 4.02. The minimum atomic E-state index is -1.08. The minimum absolute atomic E-state index is 0.0894. The fourth-order valence-corrected chi connectivity index (χ4v) is 2.71. The highest BCUT2D eigenvalue weighted by Gasteiger charge is 2.15. The molecule has 3 rings (SSSR count). The number of halogens is 1. The number of carboxylic acids is 1. The van der Waals surface area contributed by atoms with Gasteiger partial charge in [0.05, 0.1) is 5.56 Å². The van der Waals surface area contributed by atoms with Gasteiger partial charge in [-0.1, -0.05) is 35.9 Å².